The Hall–Kier alpha value is -1.29. The molecule has 0 radical (unpaired) electrons. The number of likely N-dealkylation sites (tertiary alicyclic amines) is 1. The topological polar surface area (TPSA) is 45.5 Å². The molecule has 0 saturated carbocycles. The van der Waals surface area contributed by atoms with Crippen LogP contribution in [0, 0.1) is 12.8 Å². The van der Waals surface area contributed by atoms with Crippen LogP contribution in [0.3, 0.4) is 0 Å². The van der Waals surface area contributed by atoms with Gasteiger partial charge in [0.15, 0.2) is 0 Å². The fourth-order valence-electron chi connectivity index (χ4n) is 4.14. The first-order valence-corrected chi connectivity index (χ1v) is 7.66. The van der Waals surface area contributed by atoms with E-state index in [0.717, 1.165) is 25.9 Å². The summed E-state index contributed by atoms with van der Waals surface area (Å²) in [6, 6.07) is 0.437. The number of hydrogen-bond donors (Lipinski definition) is 1. The lowest BCUT2D eigenvalue weighted by atomic mass is 9.80. The van der Waals surface area contributed by atoms with Crippen LogP contribution in [0.5, 0.6) is 0 Å². The highest BCUT2D eigenvalue weighted by molar-refractivity contribution is 5.67. The zero-order chi connectivity index (χ0) is 14.3. The van der Waals surface area contributed by atoms with Gasteiger partial charge < -0.3 is 9.67 Å². The van der Waals surface area contributed by atoms with Gasteiger partial charge in [-0.15, -0.1) is 0 Å². The maximum absolute atomic E-state index is 11.1. The summed E-state index contributed by atoms with van der Waals surface area (Å²) in [5, 5.41) is 9.12. The molecule has 1 aromatic rings. The molecule has 0 bridgehead atoms. The Labute approximate surface area is 120 Å². The van der Waals surface area contributed by atoms with Crippen LogP contribution in [-0.4, -0.2) is 33.6 Å². The van der Waals surface area contributed by atoms with Crippen LogP contribution in [0.25, 0.3) is 0 Å². The molecule has 1 fully saturated rings. The van der Waals surface area contributed by atoms with E-state index in [4.69, 9.17) is 5.11 Å². The predicted octanol–water partition coefficient (Wildman–Crippen LogP) is 2.51. The lowest BCUT2D eigenvalue weighted by Gasteiger charge is -2.36. The monoisotopic (exact) mass is 276 g/mol. The van der Waals surface area contributed by atoms with Crippen LogP contribution in [0.2, 0.25) is 0 Å². The van der Waals surface area contributed by atoms with E-state index >= 15 is 0 Å². The van der Waals surface area contributed by atoms with Crippen molar-refractivity contribution in [3.05, 3.63) is 23.0 Å². The Bertz CT molecular complexity index is 515. The molecule has 1 aliphatic carbocycles. The number of aryl methyl sites for hydroxylation is 2. The zero-order valence-electron chi connectivity index (χ0n) is 12.4. The van der Waals surface area contributed by atoms with Crippen molar-refractivity contribution < 1.29 is 9.90 Å². The molecule has 0 amide bonds. The highest BCUT2D eigenvalue weighted by Gasteiger charge is 2.35. The standard InChI is InChI=1S/C16H24N2O2/c1-11-10-17(2)13-7-12(9-15(19)20)8-14(16(11)13)18-5-3-4-6-18/h10,12,14H,3-9H2,1-2H3,(H,19,20). The molecule has 2 aliphatic rings. The lowest BCUT2D eigenvalue weighted by Crippen LogP contribution is -2.33. The Kier molecular flexibility index (Phi) is 3.59. The maximum Gasteiger partial charge on any atom is 0.303 e. The van der Waals surface area contributed by atoms with Crippen LogP contribution in [0.1, 0.15) is 48.5 Å². The SMILES string of the molecule is Cc1cn(C)c2c1C(N1CCCC1)CC(CC(=O)O)C2. The quantitative estimate of drug-likeness (QED) is 0.922. The predicted molar refractivity (Wildman–Crippen MR) is 77.8 cm³/mol. The lowest BCUT2D eigenvalue weighted by molar-refractivity contribution is -0.138. The van der Waals surface area contributed by atoms with Gasteiger partial charge in [-0.3, -0.25) is 9.69 Å². The average molecular weight is 276 g/mol. The number of aromatic nitrogens is 1. The molecule has 4 nitrogen and oxygen atoms in total. The molecule has 1 N–H and O–H groups in total. The van der Waals surface area contributed by atoms with Gasteiger partial charge in [0, 0.05) is 31.4 Å². The second-order valence-electron chi connectivity index (χ2n) is 6.45. The summed E-state index contributed by atoms with van der Waals surface area (Å²) in [6.07, 6.45) is 6.98. The molecule has 110 valence electrons. The van der Waals surface area contributed by atoms with Gasteiger partial charge in [0.1, 0.15) is 0 Å². The number of hydrogen-bond acceptors (Lipinski definition) is 2. The smallest absolute Gasteiger partial charge is 0.303 e. The van der Waals surface area contributed by atoms with Crippen LogP contribution in [-0.2, 0) is 18.3 Å². The van der Waals surface area contributed by atoms with Crippen molar-refractivity contribution in [3.63, 3.8) is 0 Å². The van der Waals surface area contributed by atoms with Crippen LogP contribution < -0.4 is 0 Å². The molecule has 1 saturated heterocycles. The minimum Gasteiger partial charge on any atom is -0.481 e. The van der Waals surface area contributed by atoms with Crippen molar-refractivity contribution in [1.29, 1.82) is 0 Å². The van der Waals surface area contributed by atoms with Gasteiger partial charge in [-0.05, 0) is 62.7 Å². The van der Waals surface area contributed by atoms with Gasteiger partial charge in [-0.2, -0.15) is 0 Å². The third kappa shape index (κ3) is 2.37. The van der Waals surface area contributed by atoms with Gasteiger partial charge in [-0.25, -0.2) is 0 Å². The van der Waals surface area contributed by atoms with Crippen LogP contribution in [0.4, 0.5) is 0 Å². The summed E-state index contributed by atoms with van der Waals surface area (Å²) in [6.45, 7) is 4.52. The van der Waals surface area contributed by atoms with Crippen LogP contribution >= 0.6 is 0 Å². The van der Waals surface area contributed by atoms with E-state index in [1.54, 1.807) is 0 Å². The third-order valence-corrected chi connectivity index (χ3v) is 4.97. The molecule has 20 heavy (non-hydrogen) atoms. The molecule has 2 heterocycles. The molecule has 1 aromatic heterocycles. The van der Waals surface area contributed by atoms with E-state index in [1.165, 1.54) is 29.7 Å². The van der Waals surface area contributed by atoms with Crippen molar-refractivity contribution >= 4 is 5.97 Å². The van der Waals surface area contributed by atoms with E-state index in [9.17, 15) is 4.79 Å². The average Bonchev–Trinajstić information content (AvgIpc) is 2.98. The van der Waals surface area contributed by atoms with Crippen molar-refractivity contribution in [2.45, 2.75) is 45.1 Å². The van der Waals surface area contributed by atoms with Crippen molar-refractivity contribution in [3.8, 4) is 0 Å². The second-order valence-corrected chi connectivity index (χ2v) is 6.45. The summed E-state index contributed by atoms with van der Waals surface area (Å²) < 4.78 is 2.21. The number of fused-ring (bicyclic) bond motifs is 1. The Morgan fingerprint density at radius 3 is 2.75 bits per heavy atom. The van der Waals surface area contributed by atoms with E-state index in [2.05, 4.69) is 29.6 Å². The highest BCUT2D eigenvalue weighted by atomic mass is 16.4. The molecule has 3 rings (SSSR count). The fourth-order valence-corrected chi connectivity index (χ4v) is 4.14. The van der Waals surface area contributed by atoms with Gasteiger partial charge in [-0.1, -0.05) is 0 Å². The minimum absolute atomic E-state index is 0.276. The highest BCUT2D eigenvalue weighted by Crippen LogP contribution is 2.41. The molecular formula is C16H24N2O2. The first-order chi connectivity index (χ1) is 9.56. The van der Waals surface area contributed by atoms with E-state index in [0.29, 0.717) is 12.5 Å². The van der Waals surface area contributed by atoms with Gasteiger partial charge >= 0.3 is 5.97 Å². The largest absolute Gasteiger partial charge is 0.481 e. The first kappa shape index (κ1) is 13.7. The number of carboxylic acid groups (broad SMARTS) is 1. The number of nitrogens with zero attached hydrogens (tertiary/aromatic N) is 2. The van der Waals surface area contributed by atoms with Crippen molar-refractivity contribution in [2.24, 2.45) is 13.0 Å². The normalized spacial score (nSPS) is 26.7. The van der Waals surface area contributed by atoms with Crippen LogP contribution in [0.15, 0.2) is 6.20 Å². The summed E-state index contributed by atoms with van der Waals surface area (Å²) in [7, 11) is 2.09. The molecular weight excluding hydrogens is 252 g/mol. The summed E-state index contributed by atoms with van der Waals surface area (Å²) in [4.78, 5) is 13.6. The van der Waals surface area contributed by atoms with E-state index in [1.807, 2.05) is 0 Å². The number of carboxylic acids is 1. The summed E-state index contributed by atoms with van der Waals surface area (Å²) >= 11 is 0. The van der Waals surface area contributed by atoms with Gasteiger partial charge in [0.05, 0.1) is 0 Å². The number of carbonyl (C=O) groups is 1. The van der Waals surface area contributed by atoms with Crippen molar-refractivity contribution in [2.75, 3.05) is 13.1 Å². The molecule has 0 aromatic carbocycles. The Morgan fingerprint density at radius 2 is 2.10 bits per heavy atom. The van der Waals surface area contributed by atoms with E-state index < -0.39 is 5.97 Å². The van der Waals surface area contributed by atoms with Gasteiger partial charge in [0.25, 0.3) is 0 Å². The van der Waals surface area contributed by atoms with Crippen molar-refractivity contribution in [1.82, 2.24) is 9.47 Å². The zero-order valence-corrected chi connectivity index (χ0v) is 12.4. The number of rotatable bonds is 3. The number of aliphatic carboxylic acids is 1. The summed E-state index contributed by atoms with van der Waals surface area (Å²) in [5.74, 6) is -0.386. The maximum atomic E-state index is 11.1. The molecule has 2 unspecified atom stereocenters. The molecule has 2 atom stereocenters. The first-order valence-electron chi connectivity index (χ1n) is 7.66. The van der Waals surface area contributed by atoms with Gasteiger partial charge in [0.2, 0.25) is 0 Å². The minimum atomic E-state index is -0.662. The molecule has 4 heteroatoms. The molecule has 1 aliphatic heterocycles. The molecule has 0 spiro atoms. The second kappa shape index (κ2) is 5.24. The fraction of sp³-hybridized carbons (Fsp3) is 0.688. The summed E-state index contributed by atoms with van der Waals surface area (Å²) in [5.41, 5.74) is 4.21. The Morgan fingerprint density at radius 1 is 1.40 bits per heavy atom. The Balaban J connectivity index is 1.93. The third-order valence-electron chi connectivity index (χ3n) is 4.97. The van der Waals surface area contributed by atoms with E-state index in [-0.39, 0.29) is 5.92 Å².